The number of likely N-dealkylation sites (tertiary alicyclic amines) is 1. The summed E-state index contributed by atoms with van der Waals surface area (Å²) >= 11 is 3.24. The molecule has 3 heteroatoms. The molecule has 0 bridgehead atoms. The van der Waals surface area contributed by atoms with Gasteiger partial charge in [-0.3, -0.25) is 4.90 Å². The fourth-order valence-electron chi connectivity index (χ4n) is 2.39. The van der Waals surface area contributed by atoms with E-state index in [0.29, 0.717) is 4.47 Å². The van der Waals surface area contributed by atoms with Gasteiger partial charge in [-0.15, -0.1) is 0 Å². The Bertz CT molecular complexity index is 394. The molecular formula is C14H19BrFN. The van der Waals surface area contributed by atoms with Crippen molar-refractivity contribution < 1.29 is 4.39 Å². The van der Waals surface area contributed by atoms with E-state index in [1.54, 1.807) is 0 Å². The molecule has 1 aliphatic heterocycles. The summed E-state index contributed by atoms with van der Waals surface area (Å²) in [5, 5.41) is 0. The summed E-state index contributed by atoms with van der Waals surface area (Å²) in [6.07, 6.45) is 1.27. The van der Waals surface area contributed by atoms with Gasteiger partial charge in [-0.05, 0) is 58.4 Å². The van der Waals surface area contributed by atoms with Gasteiger partial charge in [0.05, 0.1) is 4.47 Å². The lowest BCUT2D eigenvalue weighted by molar-refractivity contribution is 0.132. The third kappa shape index (κ3) is 3.29. The van der Waals surface area contributed by atoms with Gasteiger partial charge >= 0.3 is 0 Å². The Morgan fingerprint density at radius 3 is 2.76 bits per heavy atom. The normalized spacial score (nSPS) is 26.1. The first-order valence-corrected chi connectivity index (χ1v) is 7.02. The number of halogens is 2. The second kappa shape index (κ2) is 5.49. The predicted octanol–water partition coefficient (Wildman–Crippen LogP) is 4.07. The number of benzene rings is 1. The minimum atomic E-state index is -0.186. The van der Waals surface area contributed by atoms with E-state index in [4.69, 9.17) is 0 Å². The summed E-state index contributed by atoms with van der Waals surface area (Å²) < 4.78 is 13.7. The van der Waals surface area contributed by atoms with Crippen LogP contribution in [-0.2, 0) is 6.54 Å². The van der Waals surface area contributed by atoms with E-state index >= 15 is 0 Å². The second-order valence-corrected chi connectivity index (χ2v) is 6.08. The van der Waals surface area contributed by atoms with E-state index in [-0.39, 0.29) is 5.82 Å². The minimum absolute atomic E-state index is 0.186. The van der Waals surface area contributed by atoms with E-state index in [0.717, 1.165) is 31.5 Å². The molecule has 2 unspecified atom stereocenters. The Hall–Kier alpha value is -0.410. The third-order valence-corrected chi connectivity index (χ3v) is 4.42. The third-order valence-electron chi connectivity index (χ3n) is 3.81. The molecule has 0 saturated carbocycles. The highest BCUT2D eigenvalue weighted by Crippen LogP contribution is 2.24. The van der Waals surface area contributed by atoms with Crippen molar-refractivity contribution >= 4 is 15.9 Å². The van der Waals surface area contributed by atoms with Crippen LogP contribution in [0.4, 0.5) is 4.39 Å². The van der Waals surface area contributed by atoms with E-state index in [2.05, 4.69) is 34.7 Å². The molecule has 0 radical (unpaired) electrons. The number of rotatable bonds is 2. The molecule has 0 spiro atoms. The van der Waals surface area contributed by atoms with Gasteiger partial charge in [0.15, 0.2) is 0 Å². The van der Waals surface area contributed by atoms with Gasteiger partial charge in [0.2, 0.25) is 0 Å². The lowest BCUT2D eigenvalue weighted by Gasteiger charge is -2.35. The summed E-state index contributed by atoms with van der Waals surface area (Å²) in [6.45, 7) is 7.88. The molecule has 1 nitrogen and oxygen atoms in total. The first kappa shape index (κ1) is 13.0. The van der Waals surface area contributed by atoms with Crippen molar-refractivity contribution in [3.8, 4) is 0 Å². The van der Waals surface area contributed by atoms with Crippen LogP contribution >= 0.6 is 15.9 Å². The Morgan fingerprint density at radius 1 is 1.35 bits per heavy atom. The SMILES string of the molecule is CC1CCN(Cc2ccc(F)c(Br)c2)CC1C. The van der Waals surface area contributed by atoms with Gasteiger partial charge in [0, 0.05) is 13.1 Å². The van der Waals surface area contributed by atoms with Crippen LogP contribution in [0.5, 0.6) is 0 Å². The molecule has 0 amide bonds. The van der Waals surface area contributed by atoms with E-state index in [9.17, 15) is 4.39 Å². The van der Waals surface area contributed by atoms with Crippen molar-refractivity contribution in [3.63, 3.8) is 0 Å². The lowest BCUT2D eigenvalue weighted by atomic mass is 9.88. The Labute approximate surface area is 111 Å². The van der Waals surface area contributed by atoms with Gasteiger partial charge < -0.3 is 0 Å². The van der Waals surface area contributed by atoms with Crippen molar-refractivity contribution in [1.29, 1.82) is 0 Å². The lowest BCUT2D eigenvalue weighted by Crippen LogP contribution is -2.37. The average Bonchev–Trinajstić information content (AvgIpc) is 2.29. The number of hydrogen-bond acceptors (Lipinski definition) is 1. The minimum Gasteiger partial charge on any atom is -0.299 e. The quantitative estimate of drug-likeness (QED) is 0.796. The maximum atomic E-state index is 13.1. The first-order valence-electron chi connectivity index (χ1n) is 6.22. The molecule has 94 valence electrons. The predicted molar refractivity (Wildman–Crippen MR) is 72.3 cm³/mol. The Morgan fingerprint density at radius 2 is 2.12 bits per heavy atom. The fraction of sp³-hybridized carbons (Fsp3) is 0.571. The molecule has 1 aliphatic rings. The number of hydrogen-bond donors (Lipinski definition) is 0. The zero-order valence-electron chi connectivity index (χ0n) is 10.4. The molecule has 2 atom stereocenters. The van der Waals surface area contributed by atoms with Crippen LogP contribution in [0.2, 0.25) is 0 Å². The molecule has 1 heterocycles. The van der Waals surface area contributed by atoms with Crippen LogP contribution in [0, 0.1) is 17.7 Å². The van der Waals surface area contributed by atoms with Crippen LogP contribution in [-0.4, -0.2) is 18.0 Å². The largest absolute Gasteiger partial charge is 0.299 e. The fourth-order valence-corrected chi connectivity index (χ4v) is 2.82. The summed E-state index contributed by atoms with van der Waals surface area (Å²) in [5.74, 6) is 1.40. The molecule has 1 saturated heterocycles. The monoisotopic (exact) mass is 299 g/mol. The molecule has 0 aromatic heterocycles. The number of nitrogens with zero attached hydrogens (tertiary/aromatic N) is 1. The van der Waals surface area contributed by atoms with Crippen molar-refractivity contribution in [2.45, 2.75) is 26.8 Å². The summed E-state index contributed by atoms with van der Waals surface area (Å²) in [6, 6.07) is 5.30. The average molecular weight is 300 g/mol. The molecule has 1 aromatic carbocycles. The second-order valence-electron chi connectivity index (χ2n) is 5.23. The van der Waals surface area contributed by atoms with Crippen LogP contribution in [0.15, 0.2) is 22.7 Å². The van der Waals surface area contributed by atoms with Crippen LogP contribution < -0.4 is 0 Å². The van der Waals surface area contributed by atoms with Gasteiger partial charge in [-0.1, -0.05) is 19.9 Å². The molecule has 0 N–H and O–H groups in total. The van der Waals surface area contributed by atoms with E-state index in [1.165, 1.54) is 18.1 Å². The van der Waals surface area contributed by atoms with Gasteiger partial charge in [-0.2, -0.15) is 0 Å². The summed E-state index contributed by atoms with van der Waals surface area (Å²) in [5.41, 5.74) is 1.18. The molecule has 1 fully saturated rings. The highest BCUT2D eigenvalue weighted by atomic mass is 79.9. The van der Waals surface area contributed by atoms with Crippen molar-refractivity contribution in [1.82, 2.24) is 4.90 Å². The van der Waals surface area contributed by atoms with Crippen LogP contribution in [0.3, 0.4) is 0 Å². The van der Waals surface area contributed by atoms with Crippen LogP contribution in [0.1, 0.15) is 25.8 Å². The van der Waals surface area contributed by atoms with Crippen molar-refractivity contribution in [3.05, 3.63) is 34.1 Å². The molecule has 17 heavy (non-hydrogen) atoms. The number of piperidine rings is 1. The van der Waals surface area contributed by atoms with E-state index < -0.39 is 0 Å². The Balaban J connectivity index is 1.99. The summed E-state index contributed by atoms with van der Waals surface area (Å²) in [7, 11) is 0. The van der Waals surface area contributed by atoms with Crippen molar-refractivity contribution in [2.75, 3.05) is 13.1 Å². The maximum absolute atomic E-state index is 13.1. The molecule has 0 aliphatic carbocycles. The molecule has 1 aromatic rings. The van der Waals surface area contributed by atoms with Gasteiger partial charge in [-0.25, -0.2) is 4.39 Å². The van der Waals surface area contributed by atoms with Crippen LogP contribution in [0.25, 0.3) is 0 Å². The van der Waals surface area contributed by atoms with E-state index in [1.807, 2.05) is 12.1 Å². The first-order chi connectivity index (χ1) is 8.06. The van der Waals surface area contributed by atoms with Gasteiger partial charge in [0.25, 0.3) is 0 Å². The topological polar surface area (TPSA) is 3.24 Å². The standard InChI is InChI=1S/C14H19BrFN/c1-10-5-6-17(8-11(10)2)9-12-3-4-14(16)13(15)7-12/h3-4,7,10-11H,5-6,8-9H2,1-2H3. The highest BCUT2D eigenvalue weighted by molar-refractivity contribution is 9.10. The highest BCUT2D eigenvalue weighted by Gasteiger charge is 2.22. The zero-order valence-corrected chi connectivity index (χ0v) is 12.0. The molecule has 2 rings (SSSR count). The van der Waals surface area contributed by atoms with Gasteiger partial charge in [0.1, 0.15) is 5.82 Å². The Kier molecular flexibility index (Phi) is 4.21. The molecular weight excluding hydrogens is 281 g/mol. The smallest absolute Gasteiger partial charge is 0.137 e. The zero-order chi connectivity index (χ0) is 12.4. The summed E-state index contributed by atoms with van der Waals surface area (Å²) in [4.78, 5) is 2.46. The van der Waals surface area contributed by atoms with Crippen molar-refractivity contribution in [2.24, 2.45) is 11.8 Å². The maximum Gasteiger partial charge on any atom is 0.137 e.